The standard InChI is InChI=1S/C21H28ClNO5P/c1-12(2)27-29(25,28-13(3)4)20-15(6)23-14(5)18(21(24)26-7)19(20)16-9-8-10-17(22)11-16/h8-13,25H,1-7H3/q+1. The van der Waals surface area contributed by atoms with Crippen LogP contribution in [0, 0.1) is 13.8 Å². The minimum Gasteiger partial charge on any atom is -0.465 e. The molecule has 0 radical (unpaired) electrons. The molecule has 2 rings (SSSR count). The fraction of sp³-hybridized carbons (Fsp3) is 0.429. The molecular weight excluding hydrogens is 413 g/mol. The highest BCUT2D eigenvalue weighted by Crippen LogP contribution is 2.60. The van der Waals surface area contributed by atoms with Gasteiger partial charge in [-0.15, -0.1) is 0 Å². The number of carbonyl (C=O) groups is 1. The molecule has 1 aromatic carbocycles. The number of aryl methyl sites for hydroxylation is 2. The van der Waals surface area contributed by atoms with Gasteiger partial charge in [0.2, 0.25) is 5.30 Å². The number of hydrogen-bond acceptors (Lipinski definition) is 6. The molecule has 0 atom stereocenters. The number of rotatable bonds is 7. The molecule has 2 aromatic rings. The molecule has 1 heterocycles. The predicted molar refractivity (Wildman–Crippen MR) is 117 cm³/mol. The van der Waals surface area contributed by atoms with Gasteiger partial charge in [0.25, 0.3) is 0 Å². The molecule has 0 unspecified atom stereocenters. The summed E-state index contributed by atoms with van der Waals surface area (Å²) in [5, 5.41) is 0.848. The van der Waals surface area contributed by atoms with Gasteiger partial charge in [-0.3, -0.25) is 4.98 Å². The normalized spacial score (nSPS) is 12.0. The highest BCUT2D eigenvalue weighted by atomic mass is 35.5. The molecule has 0 bridgehead atoms. The van der Waals surface area contributed by atoms with E-state index in [1.54, 1.807) is 32.0 Å². The zero-order valence-corrected chi connectivity index (χ0v) is 19.5. The van der Waals surface area contributed by atoms with Crippen molar-refractivity contribution in [2.24, 2.45) is 0 Å². The summed E-state index contributed by atoms with van der Waals surface area (Å²) in [6.45, 7) is 10.7. The average molecular weight is 441 g/mol. The number of carbonyl (C=O) groups excluding carboxylic acids is 1. The Kier molecular flexibility index (Phi) is 7.77. The van der Waals surface area contributed by atoms with E-state index in [1.807, 2.05) is 33.8 Å². The first-order valence-electron chi connectivity index (χ1n) is 9.34. The van der Waals surface area contributed by atoms with Gasteiger partial charge in [-0.2, -0.15) is 13.9 Å². The minimum absolute atomic E-state index is 0.244. The molecule has 1 aromatic heterocycles. The highest BCUT2D eigenvalue weighted by Gasteiger charge is 2.51. The lowest BCUT2D eigenvalue weighted by molar-refractivity contribution is 0.0600. The van der Waals surface area contributed by atoms with E-state index >= 15 is 0 Å². The van der Waals surface area contributed by atoms with Crippen molar-refractivity contribution in [1.82, 2.24) is 4.98 Å². The van der Waals surface area contributed by atoms with E-state index in [-0.39, 0.29) is 17.8 Å². The van der Waals surface area contributed by atoms with Crippen molar-refractivity contribution in [3.8, 4) is 11.1 Å². The van der Waals surface area contributed by atoms with Crippen molar-refractivity contribution in [3.63, 3.8) is 0 Å². The third kappa shape index (κ3) is 5.33. The van der Waals surface area contributed by atoms with Crippen LogP contribution in [-0.4, -0.2) is 35.2 Å². The lowest BCUT2D eigenvalue weighted by Crippen LogP contribution is -2.29. The monoisotopic (exact) mass is 440 g/mol. The first-order valence-corrected chi connectivity index (χ1v) is 11.3. The Morgan fingerprint density at radius 2 is 1.69 bits per heavy atom. The third-order valence-electron chi connectivity index (χ3n) is 4.02. The van der Waals surface area contributed by atoms with Crippen LogP contribution in [0.5, 0.6) is 0 Å². The van der Waals surface area contributed by atoms with Crippen molar-refractivity contribution in [2.45, 2.75) is 53.8 Å². The van der Waals surface area contributed by atoms with E-state index in [0.717, 1.165) is 0 Å². The summed E-state index contributed by atoms with van der Waals surface area (Å²) < 4.78 is 16.9. The van der Waals surface area contributed by atoms with Gasteiger partial charge in [-0.1, -0.05) is 23.7 Å². The second-order valence-corrected chi connectivity index (χ2v) is 9.56. The number of esters is 1. The summed E-state index contributed by atoms with van der Waals surface area (Å²) in [5.41, 5.74) is 2.34. The van der Waals surface area contributed by atoms with Gasteiger partial charge in [0.15, 0.2) is 0 Å². The fourth-order valence-electron chi connectivity index (χ4n) is 3.17. The number of hydrogen-bond donors (Lipinski definition) is 1. The van der Waals surface area contributed by atoms with Gasteiger partial charge in [-0.25, -0.2) is 4.79 Å². The molecule has 0 amide bonds. The molecule has 0 saturated heterocycles. The van der Waals surface area contributed by atoms with Crippen LogP contribution in [0.4, 0.5) is 0 Å². The van der Waals surface area contributed by atoms with Gasteiger partial charge in [0.05, 0.1) is 29.6 Å². The maximum Gasteiger partial charge on any atom is 0.449 e. The van der Waals surface area contributed by atoms with Gasteiger partial charge in [0, 0.05) is 5.02 Å². The molecule has 0 spiro atoms. The van der Waals surface area contributed by atoms with Crippen LogP contribution in [0.3, 0.4) is 0 Å². The number of ether oxygens (including phenoxy) is 1. The first kappa shape index (κ1) is 23.7. The number of benzene rings is 1. The number of halogens is 1. The van der Waals surface area contributed by atoms with Crippen molar-refractivity contribution < 1.29 is 23.5 Å². The summed E-state index contributed by atoms with van der Waals surface area (Å²) in [6.07, 6.45) is -0.636. The van der Waals surface area contributed by atoms with Crippen LogP contribution in [0.2, 0.25) is 5.02 Å². The van der Waals surface area contributed by atoms with Crippen LogP contribution in [0.25, 0.3) is 11.1 Å². The summed E-state index contributed by atoms with van der Waals surface area (Å²) in [6, 6.07) is 7.05. The number of nitrogens with zero attached hydrogens (tertiary/aromatic N) is 1. The fourth-order valence-corrected chi connectivity index (χ4v) is 5.74. The Hall–Kier alpha value is -1.56. The molecule has 1 N–H and O–H groups in total. The zero-order chi connectivity index (χ0) is 21.9. The summed E-state index contributed by atoms with van der Waals surface area (Å²) in [4.78, 5) is 28.8. The Morgan fingerprint density at radius 3 is 2.17 bits per heavy atom. The molecule has 0 fully saturated rings. The Morgan fingerprint density at radius 1 is 1.10 bits per heavy atom. The van der Waals surface area contributed by atoms with Crippen LogP contribution in [-0.2, 0) is 13.8 Å². The van der Waals surface area contributed by atoms with Crippen molar-refractivity contribution in [1.29, 1.82) is 0 Å². The van der Waals surface area contributed by atoms with Gasteiger partial charge >= 0.3 is 13.9 Å². The van der Waals surface area contributed by atoms with Gasteiger partial charge in [0.1, 0.15) is 12.2 Å². The summed E-state index contributed by atoms with van der Waals surface area (Å²) in [7, 11) is -2.29. The van der Waals surface area contributed by atoms with E-state index in [4.69, 9.17) is 25.4 Å². The maximum atomic E-state index is 12.7. The molecular formula is C21H28ClNO5P+. The van der Waals surface area contributed by atoms with Gasteiger partial charge < -0.3 is 4.74 Å². The van der Waals surface area contributed by atoms with E-state index < -0.39 is 13.9 Å². The highest BCUT2D eigenvalue weighted by molar-refractivity contribution is 7.69. The second-order valence-electron chi connectivity index (χ2n) is 7.21. The van der Waals surface area contributed by atoms with Crippen LogP contribution >= 0.6 is 19.5 Å². The number of pyridine rings is 1. The Balaban J connectivity index is 2.98. The zero-order valence-electron chi connectivity index (χ0n) is 17.8. The quantitative estimate of drug-likeness (QED) is 0.480. The minimum atomic E-state index is -3.60. The van der Waals surface area contributed by atoms with Crippen LogP contribution < -0.4 is 5.30 Å². The topological polar surface area (TPSA) is 77.9 Å². The molecule has 0 aliphatic rings. The van der Waals surface area contributed by atoms with Crippen molar-refractivity contribution >= 4 is 30.8 Å². The molecule has 0 aliphatic carbocycles. The molecule has 158 valence electrons. The SMILES string of the molecule is COC(=O)c1c(C)nc(C)c([P+](O)(OC(C)C)OC(C)C)c1-c1cccc(Cl)c1. The maximum absolute atomic E-state index is 12.7. The molecule has 0 aliphatic heterocycles. The molecule has 6 nitrogen and oxygen atoms in total. The summed E-state index contributed by atoms with van der Waals surface area (Å²) in [5.74, 6) is -0.563. The smallest absolute Gasteiger partial charge is 0.449 e. The van der Waals surface area contributed by atoms with Crippen molar-refractivity contribution in [2.75, 3.05) is 7.11 Å². The third-order valence-corrected chi connectivity index (χ3v) is 6.78. The average Bonchev–Trinajstić information content (AvgIpc) is 2.58. The lowest BCUT2D eigenvalue weighted by Gasteiger charge is -2.25. The van der Waals surface area contributed by atoms with Crippen LogP contribution in [0.1, 0.15) is 49.4 Å². The molecule has 0 saturated carbocycles. The largest absolute Gasteiger partial charge is 0.465 e. The number of aromatic nitrogens is 1. The van der Waals surface area contributed by atoms with Gasteiger partial charge in [-0.05, 0) is 59.2 Å². The molecule has 8 heteroatoms. The second kappa shape index (κ2) is 9.50. The van der Waals surface area contributed by atoms with E-state index in [1.165, 1.54) is 7.11 Å². The van der Waals surface area contributed by atoms with Crippen LogP contribution in [0.15, 0.2) is 24.3 Å². The Bertz CT molecular complexity index is 891. The first-order chi connectivity index (χ1) is 13.5. The molecule has 29 heavy (non-hydrogen) atoms. The predicted octanol–water partition coefficient (Wildman–Crippen LogP) is 5.04. The van der Waals surface area contributed by atoms with Crippen molar-refractivity contribution in [3.05, 3.63) is 46.2 Å². The lowest BCUT2D eigenvalue weighted by atomic mass is 9.98. The van der Waals surface area contributed by atoms with E-state index in [0.29, 0.717) is 32.8 Å². The summed E-state index contributed by atoms with van der Waals surface area (Å²) >= 11 is 6.23. The van der Waals surface area contributed by atoms with E-state index in [2.05, 4.69) is 4.98 Å². The van der Waals surface area contributed by atoms with E-state index in [9.17, 15) is 9.69 Å². The number of methoxy groups -OCH3 is 1. The Labute approximate surface area is 177 Å².